The van der Waals surface area contributed by atoms with Crippen molar-refractivity contribution in [1.82, 2.24) is 20.4 Å². The number of hydrogen-bond donors (Lipinski definition) is 2. The molecule has 0 aromatic carbocycles. The lowest BCUT2D eigenvalue weighted by Gasteiger charge is -2.24. The first-order chi connectivity index (χ1) is 12.8. The smallest absolute Gasteiger partial charge is 0.378 e. The molecule has 2 aromatic heterocycles. The summed E-state index contributed by atoms with van der Waals surface area (Å²) in [6.45, 7) is 2.10. The van der Waals surface area contributed by atoms with Crippen molar-refractivity contribution in [1.29, 1.82) is 0 Å². The van der Waals surface area contributed by atoms with Crippen LogP contribution in [-0.4, -0.2) is 46.1 Å². The number of nitrogens with zero attached hydrogens (tertiary/aromatic N) is 3. The van der Waals surface area contributed by atoms with Crippen molar-refractivity contribution < 1.29 is 27.2 Å². The highest BCUT2D eigenvalue weighted by molar-refractivity contribution is 5.89. The van der Waals surface area contributed by atoms with Crippen molar-refractivity contribution in [2.75, 3.05) is 11.9 Å². The van der Waals surface area contributed by atoms with Crippen LogP contribution in [-0.2, 0) is 4.74 Å². The van der Waals surface area contributed by atoms with Gasteiger partial charge in [-0.1, -0.05) is 5.16 Å². The van der Waals surface area contributed by atoms with Gasteiger partial charge in [-0.2, -0.15) is 18.2 Å². The number of aryl methyl sites for hydroxylation is 1. The molecule has 3 rings (SSSR count). The highest BCUT2D eigenvalue weighted by Crippen LogP contribution is 2.27. The first-order valence-corrected chi connectivity index (χ1v) is 8.34. The van der Waals surface area contributed by atoms with Crippen molar-refractivity contribution in [3.8, 4) is 11.6 Å². The molecule has 0 radical (unpaired) electrons. The third-order valence-electron chi connectivity index (χ3n) is 3.99. The fourth-order valence-corrected chi connectivity index (χ4v) is 2.69. The molecule has 2 unspecified atom stereocenters. The Morgan fingerprint density at radius 1 is 1.41 bits per heavy atom. The Labute approximate surface area is 152 Å². The third kappa shape index (κ3) is 5.16. The molecule has 146 valence electrons. The second-order valence-electron chi connectivity index (χ2n) is 6.14. The Balaban J connectivity index is 1.59. The average Bonchev–Trinajstić information content (AvgIpc) is 3.26. The van der Waals surface area contributed by atoms with E-state index in [1.54, 1.807) is 6.92 Å². The van der Waals surface area contributed by atoms with Crippen LogP contribution in [0.2, 0.25) is 0 Å². The maximum Gasteiger partial charge on any atom is 0.408 e. The van der Waals surface area contributed by atoms with Gasteiger partial charge in [0.1, 0.15) is 11.7 Å². The molecule has 1 aliphatic heterocycles. The molecule has 0 aliphatic carbocycles. The number of pyridine rings is 1. The van der Waals surface area contributed by atoms with Crippen LogP contribution in [0.5, 0.6) is 0 Å². The Kier molecular flexibility index (Phi) is 5.59. The molecule has 1 aliphatic rings. The number of nitrogens with one attached hydrogen (secondary N) is 2. The SMILES string of the molecule is Cc1noc(-c2ccc(NC(=O)NC(CC3CCCO3)C(F)(F)F)cn2)n1. The standard InChI is InChI=1S/C16H18F3N5O3/c1-9-21-14(27-24-9)12-5-4-10(8-20-12)22-15(25)23-13(16(17,18)19)7-11-3-2-6-26-11/h4-5,8,11,13H,2-3,6-7H2,1H3,(H2,22,23,25). The van der Waals surface area contributed by atoms with Crippen LogP contribution in [0.15, 0.2) is 22.9 Å². The maximum atomic E-state index is 13.2. The molecular formula is C16H18F3N5O3. The van der Waals surface area contributed by atoms with Crippen LogP contribution in [0, 0.1) is 6.92 Å². The van der Waals surface area contributed by atoms with Crippen LogP contribution in [0.4, 0.5) is 23.7 Å². The number of amides is 2. The molecule has 1 saturated heterocycles. The monoisotopic (exact) mass is 385 g/mol. The molecule has 27 heavy (non-hydrogen) atoms. The number of ether oxygens (including phenoxy) is 1. The van der Waals surface area contributed by atoms with Crippen LogP contribution in [0.25, 0.3) is 11.6 Å². The summed E-state index contributed by atoms with van der Waals surface area (Å²) >= 11 is 0. The topological polar surface area (TPSA) is 102 Å². The summed E-state index contributed by atoms with van der Waals surface area (Å²) in [6.07, 6.45) is -2.82. The minimum absolute atomic E-state index is 0.206. The summed E-state index contributed by atoms with van der Waals surface area (Å²) in [5, 5.41) is 7.93. The molecule has 8 nitrogen and oxygen atoms in total. The number of alkyl halides is 3. The van der Waals surface area contributed by atoms with Gasteiger partial charge in [-0.3, -0.25) is 0 Å². The van der Waals surface area contributed by atoms with Crippen molar-refractivity contribution in [3.05, 3.63) is 24.2 Å². The third-order valence-corrected chi connectivity index (χ3v) is 3.99. The van der Waals surface area contributed by atoms with Gasteiger partial charge in [0.2, 0.25) is 0 Å². The second kappa shape index (κ2) is 7.91. The summed E-state index contributed by atoms with van der Waals surface area (Å²) in [5.41, 5.74) is 0.610. The molecule has 0 spiro atoms. The van der Waals surface area contributed by atoms with E-state index in [4.69, 9.17) is 9.26 Å². The largest absolute Gasteiger partial charge is 0.408 e. The number of hydrogen-bond acceptors (Lipinski definition) is 6. The van der Waals surface area contributed by atoms with Crippen LogP contribution < -0.4 is 10.6 Å². The molecule has 0 bridgehead atoms. The van der Waals surface area contributed by atoms with Gasteiger partial charge in [-0.25, -0.2) is 9.78 Å². The van der Waals surface area contributed by atoms with Gasteiger partial charge in [0.25, 0.3) is 5.89 Å². The zero-order chi connectivity index (χ0) is 19.4. The van der Waals surface area contributed by atoms with Gasteiger partial charge in [0, 0.05) is 13.0 Å². The quantitative estimate of drug-likeness (QED) is 0.820. The van der Waals surface area contributed by atoms with E-state index in [9.17, 15) is 18.0 Å². The number of rotatable bonds is 5. The fourth-order valence-electron chi connectivity index (χ4n) is 2.69. The first kappa shape index (κ1) is 19.1. The summed E-state index contributed by atoms with van der Waals surface area (Å²) in [6, 6.07) is 0.0213. The Morgan fingerprint density at radius 3 is 2.78 bits per heavy atom. The lowest BCUT2D eigenvalue weighted by atomic mass is 10.1. The zero-order valence-corrected chi connectivity index (χ0v) is 14.4. The summed E-state index contributed by atoms with van der Waals surface area (Å²) < 4.78 is 49.7. The first-order valence-electron chi connectivity index (χ1n) is 8.34. The molecule has 2 N–H and O–H groups in total. The second-order valence-corrected chi connectivity index (χ2v) is 6.14. The predicted molar refractivity (Wildman–Crippen MR) is 87.9 cm³/mol. The van der Waals surface area contributed by atoms with Crippen molar-refractivity contribution in [2.24, 2.45) is 0 Å². The van der Waals surface area contributed by atoms with E-state index in [1.165, 1.54) is 18.3 Å². The van der Waals surface area contributed by atoms with Gasteiger partial charge < -0.3 is 19.9 Å². The van der Waals surface area contributed by atoms with E-state index in [2.05, 4.69) is 20.4 Å². The minimum Gasteiger partial charge on any atom is -0.378 e. The molecule has 1 fully saturated rings. The Hall–Kier alpha value is -2.69. The van der Waals surface area contributed by atoms with E-state index in [1.807, 2.05) is 5.32 Å². The number of aromatic nitrogens is 3. The zero-order valence-electron chi connectivity index (χ0n) is 14.4. The summed E-state index contributed by atoms with van der Waals surface area (Å²) in [5.74, 6) is 0.648. The minimum atomic E-state index is -4.57. The van der Waals surface area contributed by atoms with Gasteiger partial charge in [-0.05, 0) is 31.9 Å². The maximum absolute atomic E-state index is 13.2. The number of urea groups is 1. The highest BCUT2D eigenvalue weighted by atomic mass is 19.4. The lowest BCUT2D eigenvalue weighted by Crippen LogP contribution is -2.48. The summed E-state index contributed by atoms with van der Waals surface area (Å²) in [4.78, 5) is 20.0. The Bertz CT molecular complexity index is 772. The number of carbonyl (C=O) groups is 1. The van der Waals surface area contributed by atoms with Gasteiger partial charge in [-0.15, -0.1) is 0 Å². The van der Waals surface area contributed by atoms with Crippen molar-refractivity contribution >= 4 is 11.7 Å². The normalized spacial score (nSPS) is 18.3. The molecular weight excluding hydrogens is 367 g/mol. The molecule has 0 saturated carbocycles. The van der Waals surface area contributed by atoms with E-state index in [-0.39, 0.29) is 18.0 Å². The number of anilines is 1. The van der Waals surface area contributed by atoms with E-state index in [0.29, 0.717) is 24.5 Å². The predicted octanol–water partition coefficient (Wildman–Crippen LogP) is 3.06. The van der Waals surface area contributed by atoms with Crippen molar-refractivity contribution in [2.45, 2.75) is 44.5 Å². The van der Waals surface area contributed by atoms with Crippen molar-refractivity contribution in [3.63, 3.8) is 0 Å². The van der Waals surface area contributed by atoms with Crippen LogP contribution in [0.3, 0.4) is 0 Å². The van der Waals surface area contributed by atoms with E-state index in [0.717, 1.165) is 6.42 Å². The van der Waals surface area contributed by atoms with Crippen LogP contribution in [0.1, 0.15) is 25.1 Å². The lowest BCUT2D eigenvalue weighted by molar-refractivity contribution is -0.159. The molecule has 2 atom stereocenters. The van der Waals surface area contributed by atoms with Gasteiger partial charge in [0.05, 0.1) is 18.0 Å². The fraction of sp³-hybridized carbons (Fsp3) is 0.500. The number of carbonyl (C=O) groups excluding carboxylic acids is 1. The number of halogens is 3. The van der Waals surface area contributed by atoms with E-state index >= 15 is 0 Å². The van der Waals surface area contributed by atoms with Gasteiger partial charge in [0.15, 0.2) is 5.82 Å². The van der Waals surface area contributed by atoms with E-state index < -0.39 is 24.4 Å². The van der Waals surface area contributed by atoms with Crippen LogP contribution >= 0.6 is 0 Å². The highest BCUT2D eigenvalue weighted by Gasteiger charge is 2.42. The Morgan fingerprint density at radius 2 is 2.22 bits per heavy atom. The molecule has 11 heteroatoms. The summed E-state index contributed by atoms with van der Waals surface area (Å²) in [7, 11) is 0. The van der Waals surface area contributed by atoms with Gasteiger partial charge >= 0.3 is 12.2 Å². The molecule has 2 amide bonds. The molecule has 3 heterocycles. The molecule has 2 aromatic rings. The average molecular weight is 385 g/mol.